The van der Waals surface area contributed by atoms with Crippen LogP contribution >= 0.6 is 0 Å². The molecule has 0 aliphatic carbocycles. The summed E-state index contributed by atoms with van der Waals surface area (Å²) in [4.78, 5) is 12.3. The smallest absolute Gasteiger partial charge is 0.454 e. The van der Waals surface area contributed by atoms with Gasteiger partial charge < -0.3 is 23.3 Å². The van der Waals surface area contributed by atoms with Crippen LogP contribution in [0.15, 0.2) is 35.3 Å². The molecule has 0 radical (unpaired) electrons. The molecule has 142 valence electrons. The SMILES string of the molecule is CC1(C)OB(c2cc(F)c(=O)n(Cc3ccc4c(c3)OCO4)c2)OC1(C)C. The average molecular weight is 373 g/mol. The van der Waals surface area contributed by atoms with Crippen LogP contribution in [0.3, 0.4) is 0 Å². The van der Waals surface area contributed by atoms with Gasteiger partial charge in [0.05, 0.1) is 17.7 Å². The van der Waals surface area contributed by atoms with Crippen LogP contribution in [-0.4, -0.2) is 29.7 Å². The van der Waals surface area contributed by atoms with Gasteiger partial charge in [-0.05, 0) is 51.5 Å². The normalized spacial score (nSPS) is 19.5. The number of fused-ring (bicyclic) bond motifs is 1. The van der Waals surface area contributed by atoms with Crippen molar-refractivity contribution < 1.29 is 23.2 Å². The largest absolute Gasteiger partial charge is 0.496 e. The van der Waals surface area contributed by atoms with Crippen LogP contribution in [0.25, 0.3) is 0 Å². The fourth-order valence-corrected chi connectivity index (χ4v) is 3.08. The van der Waals surface area contributed by atoms with E-state index < -0.39 is 29.7 Å². The van der Waals surface area contributed by atoms with Crippen molar-refractivity contribution in [1.29, 1.82) is 0 Å². The Morgan fingerprint density at radius 1 is 1.07 bits per heavy atom. The molecule has 0 amide bonds. The Balaban J connectivity index is 1.65. The number of hydrogen-bond acceptors (Lipinski definition) is 5. The maximum Gasteiger partial charge on any atom is 0.496 e. The fourth-order valence-electron chi connectivity index (χ4n) is 3.08. The molecule has 0 bridgehead atoms. The highest BCUT2D eigenvalue weighted by Gasteiger charge is 2.52. The van der Waals surface area contributed by atoms with E-state index >= 15 is 0 Å². The minimum Gasteiger partial charge on any atom is -0.454 e. The third kappa shape index (κ3) is 3.13. The number of hydrogen-bond donors (Lipinski definition) is 0. The molecule has 6 nitrogen and oxygen atoms in total. The van der Waals surface area contributed by atoms with E-state index in [2.05, 4.69) is 0 Å². The molecular formula is C19H21BFNO5. The molecule has 2 aliphatic heterocycles. The van der Waals surface area contributed by atoms with E-state index in [1.807, 2.05) is 33.8 Å². The molecule has 0 saturated carbocycles. The monoisotopic (exact) mass is 373 g/mol. The molecule has 1 aromatic carbocycles. The van der Waals surface area contributed by atoms with Crippen molar-refractivity contribution in [3.8, 4) is 11.5 Å². The molecule has 2 aliphatic rings. The summed E-state index contributed by atoms with van der Waals surface area (Å²) in [5.74, 6) is 0.425. The van der Waals surface area contributed by atoms with E-state index in [0.717, 1.165) is 5.56 Å². The van der Waals surface area contributed by atoms with Gasteiger partial charge in [-0.25, -0.2) is 4.39 Å². The molecule has 0 N–H and O–H groups in total. The predicted octanol–water partition coefficient (Wildman–Crippen LogP) is 2.06. The van der Waals surface area contributed by atoms with E-state index in [1.54, 1.807) is 18.3 Å². The molecule has 1 saturated heterocycles. The molecule has 0 unspecified atom stereocenters. The Morgan fingerprint density at radius 2 is 1.74 bits per heavy atom. The molecular weight excluding hydrogens is 352 g/mol. The van der Waals surface area contributed by atoms with E-state index in [0.29, 0.717) is 17.0 Å². The number of rotatable bonds is 3. The summed E-state index contributed by atoms with van der Waals surface area (Å²) >= 11 is 0. The first kappa shape index (κ1) is 18.1. The summed E-state index contributed by atoms with van der Waals surface area (Å²) in [7, 11) is -0.742. The summed E-state index contributed by atoms with van der Waals surface area (Å²) in [5, 5.41) is 0. The lowest BCUT2D eigenvalue weighted by Crippen LogP contribution is -2.41. The van der Waals surface area contributed by atoms with Crippen molar-refractivity contribution >= 4 is 12.6 Å². The Hall–Kier alpha value is -2.32. The number of ether oxygens (including phenoxy) is 2. The van der Waals surface area contributed by atoms with E-state index in [9.17, 15) is 9.18 Å². The van der Waals surface area contributed by atoms with Gasteiger partial charge >= 0.3 is 7.12 Å². The first-order valence-electron chi connectivity index (χ1n) is 8.80. The van der Waals surface area contributed by atoms with Gasteiger partial charge in [-0.15, -0.1) is 0 Å². The minimum absolute atomic E-state index is 0.171. The highest BCUT2D eigenvalue weighted by Crippen LogP contribution is 2.36. The van der Waals surface area contributed by atoms with Crippen molar-refractivity contribution in [3.63, 3.8) is 0 Å². The second kappa shape index (κ2) is 6.10. The zero-order chi connectivity index (χ0) is 19.4. The van der Waals surface area contributed by atoms with E-state index in [4.69, 9.17) is 18.8 Å². The Morgan fingerprint density at radius 3 is 2.44 bits per heavy atom. The highest BCUT2D eigenvalue weighted by atomic mass is 19.1. The minimum atomic E-state index is -0.844. The highest BCUT2D eigenvalue weighted by molar-refractivity contribution is 6.62. The quantitative estimate of drug-likeness (QED) is 0.771. The summed E-state index contributed by atoms with van der Waals surface area (Å²) in [6.45, 7) is 8.06. The van der Waals surface area contributed by atoms with Gasteiger partial charge in [0, 0.05) is 11.7 Å². The predicted molar refractivity (Wildman–Crippen MR) is 98.0 cm³/mol. The van der Waals surface area contributed by atoms with Gasteiger partial charge in [0.1, 0.15) is 0 Å². The van der Waals surface area contributed by atoms with Gasteiger partial charge in [-0.1, -0.05) is 6.07 Å². The molecule has 2 aromatic rings. The molecule has 1 aromatic heterocycles. The Bertz CT molecular complexity index is 940. The van der Waals surface area contributed by atoms with Gasteiger partial charge in [0.15, 0.2) is 17.3 Å². The topological polar surface area (TPSA) is 58.9 Å². The van der Waals surface area contributed by atoms with Crippen molar-refractivity contribution in [3.05, 3.63) is 52.2 Å². The summed E-state index contributed by atoms with van der Waals surface area (Å²) in [6.07, 6.45) is 1.58. The van der Waals surface area contributed by atoms with E-state index in [1.165, 1.54) is 10.6 Å². The maximum absolute atomic E-state index is 14.3. The van der Waals surface area contributed by atoms with Gasteiger partial charge in [-0.2, -0.15) is 0 Å². The number of nitrogens with zero attached hydrogens (tertiary/aromatic N) is 1. The molecule has 1 fully saturated rings. The number of halogens is 1. The van der Waals surface area contributed by atoms with Gasteiger partial charge in [0.25, 0.3) is 5.56 Å². The summed E-state index contributed by atoms with van der Waals surface area (Å²) in [5.41, 5.74) is -0.537. The molecule has 8 heteroatoms. The van der Waals surface area contributed by atoms with Crippen LogP contribution in [0.1, 0.15) is 33.3 Å². The first-order chi connectivity index (χ1) is 12.7. The lowest BCUT2D eigenvalue weighted by atomic mass is 9.80. The van der Waals surface area contributed by atoms with E-state index in [-0.39, 0.29) is 13.3 Å². The second-order valence-electron chi connectivity index (χ2n) is 7.83. The van der Waals surface area contributed by atoms with Crippen LogP contribution in [-0.2, 0) is 15.9 Å². The number of benzene rings is 1. The van der Waals surface area contributed by atoms with Crippen LogP contribution in [0, 0.1) is 5.82 Å². The maximum atomic E-state index is 14.3. The molecule has 3 heterocycles. The number of pyridine rings is 1. The van der Waals surface area contributed by atoms with Crippen molar-refractivity contribution in [1.82, 2.24) is 4.57 Å². The lowest BCUT2D eigenvalue weighted by molar-refractivity contribution is 0.00578. The van der Waals surface area contributed by atoms with Crippen LogP contribution < -0.4 is 20.5 Å². The zero-order valence-corrected chi connectivity index (χ0v) is 15.7. The van der Waals surface area contributed by atoms with Crippen molar-refractivity contribution in [2.24, 2.45) is 0 Å². The van der Waals surface area contributed by atoms with Crippen LogP contribution in [0.2, 0.25) is 0 Å². The first-order valence-corrected chi connectivity index (χ1v) is 8.80. The average Bonchev–Trinajstić information content (AvgIpc) is 3.13. The summed E-state index contributed by atoms with van der Waals surface area (Å²) < 4.78 is 38.2. The lowest BCUT2D eigenvalue weighted by Gasteiger charge is -2.32. The molecule has 0 spiro atoms. The van der Waals surface area contributed by atoms with Crippen LogP contribution in [0.5, 0.6) is 11.5 Å². The summed E-state index contributed by atoms with van der Waals surface area (Å²) in [6, 6.07) is 6.56. The molecule has 4 rings (SSSR count). The Labute approximate surface area is 156 Å². The third-order valence-electron chi connectivity index (χ3n) is 5.38. The third-order valence-corrected chi connectivity index (χ3v) is 5.38. The molecule has 0 atom stereocenters. The number of aromatic nitrogens is 1. The van der Waals surface area contributed by atoms with Crippen LogP contribution in [0.4, 0.5) is 4.39 Å². The van der Waals surface area contributed by atoms with Crippen molar-refractivity contribution in [2.45, 2.75) is 45.4 Å². The molecule has 27 heavy (non-hydrogen) atoms. The fraction of sp³-hybridized carbons (Fsp3) is 0.421. The van der Waals surface area contributed by atoms with Gasteiger partial charge in [0.2, 0.25) is 6.79 Å². The zero-order valence-electron chi connectivity index (χ0n) is 15.7. The van der Waals surface area contributed by atoms with Crippen molar-refractivity contribution in [2.75, 3.05) is 6.79 Å². The second-order valence-corrected chi connectivity index (χ2v) is 7.83. The standard InChI is InChI=1S/C19H21BFNO5/c1-18(2)19(3,4)27-20(26-18)13-8-14(21)17(23)22(10-13)9-12-5-6-15-16(7-12)25-11-24-15/h5-8,10H,9,11H2,1-4H3. The van der Waals surface area contributed by atoms with Gasteiger partial charge in [-0.3, -0.25) is 4.79 Å². The Kier molecular flexibility index (Phi) is 4.08.